The zero-order valence-corrected chi connectivity index (χ0v) is 32.3. The van der Waals surface area contributed by atoms with Crippen LogP contribution in [0, 0.1) is 5.92 Å². The van der Waals surface area contributed by atoms with Crippen molar-refractivity contribution < 1.29 is 67.9 Å². The summed E-state index contributed by atoms with van der Waals surface area (Å²) in [6.45, 7) is 7.00. The number of carbonyl (C=O) groups is 8. The molecule has 1 heterocycles. The van der Waals surface area contributed by atoms with E-state index in [-0.39, 0.29) is 43.3 Å². The minimum atomic E-state index is -1.61. The van der Waals surface area contributed by atoms with Gasteiger partial charge in [0, 0.05) is 51.2 Å². The third kappa shape index (κ3) is 17.5. The Morgan fingerprint density at radius 3 is 2.07 bits per heavy atom. The lowest BCUT2D eigenvalue weighted by Gasteiger charge is -2.43. The van der Waals surface area contributed by atoms with Crippen molar-refractivity contribution in [2.75, 3.05) is 37.9 Å². The van der Waals surface area contributed by atoms with Gasteiger partial charge in [0.25, 0.3) is 0 Å². The monoisotopic (exact) mass is 792 g/mol. The van der Waals surface area contributed by atoms with Crippen LogP contribution in [0.4, 0.5) is 0 Å². The number of ketones is 1. The zero-order chi connectivity index (χ0) is 41.0. The molecular formula is C33H56N6O14S. The molecule has 1 fully saturated rings. The maximum absolute atomic E-state index is 13.1. The van der Waals surface area contributed by atoms with Crippen molar-refractivity contribution in [3.05, 3.63) is 0 Å². The molecule has 4 unspecified atom stereocenters. The van der Waals surface area contributed by atoms with Crippen LogP contribution in [0.25, 0.3) is 0 Å². The van der Waals surface area contributed by atoms with E-state index in [9.17, 15) is 53.7 Å². The van der Waals surface area contributed by atoms with Gasteiger partial charge < -0.3 is 61.4 Å². The molecule has 1 saturated heterocycles. The third-order valence-corrected chi connectivity index (χ3v) is 9.25. The van der Waals surface area contributed by atoms with Crippen molar-refractivity contribution in [3.8, 4) is 0 Å². The number of esters is 1. The predicted molar refractivity (Wildman–Crippen MR) is 192 cm³/mol. The Labute approximate surface area is 318 Å². The summed E-state index contributed by atoms with van der Waals surface area (Å²) in [6, 6.07) is -3.74. The van der Waals surface area contributed by atoms with Crippen LogP contribution in [-0.4, -0.2) is 149 Å². The van der Waals surface area contributed by atoms with Gasteiger partial charge in [0.05, 0.1) is 32.5 Å². The number of hydrogen-bond donors (Lipinski definition) is 9. The van der Waals surface area contributed by atoms with Crippen LogP contribution in [-0.2, 0) is 52.6 Å². The number of ether oxygens (including phenoxy) is 3. The molecule has 54 heavy (non-hydrogen) atoms. The van der Waals surface area contributed by atoms with E-state index >= 15 is 0 Å². The fourth-order valence-electron chi connectivity index (χ4n) is 4.96. The first-order valence-electron chi connectivity index (χ1n) is 17.7. The standard InChI is InChI=1S/C33H56N6O14S/c1-7-21(43)10-20(13-51-26(46)9-3)14-54-15-22(39-24(44)8-2)31(49)34-11-25(45)35-16-36-32(50)27(37-18(5)41)17(4)52-33-28(38-19(6)42)30(48)29(47)23(12-40)53-33/h17,20,22-23,27-30,33,40,47-48H,7-16H2,1-6H3,(H,34,49)(H,35,45)(H,36,50)(H,37,41)(H,38,42)(H,39,44)/t17-,20?,22+,23?,27-,28?,29+,30?,33-/m1/s1. The Hall–Kier alpha value is -3.89. The van der Waals surface area contributed by atoms with E-state index in [2.05, 4.69) is 31.9 Å². The highest BCUT2D eigenvalue weighted by atomic mass is 32.2. The van der Waals surface area contributed by atoms with E-state index in [4.69, 9.17) is 14.2 Å². The number of aliphatic hydroxyl groups excluding tert-OH is 3. The molecule has 1 aliphatic rings. The normalized spacial score (nSPS) is 21.6. The van der Waals surface area contributed by atoms with Crippen LogP contribution in [0.2, 0.25) is 0 Å². The van der Waals surface area contributed by atoms with Crippen molar-refractivity contribution in [1.29, 1.82) is 0 Å². The van der Waals surface area contributed by atoms with Gasteiger partial charge in [-0.3, -0.25) is 38.4 Å². The Morgan fingerprint density at radius 2 is 1.50 bits per heavy atom. The lowest BCUT2D eigenvalue weighted by molar-refractivity contribution is -0.281. The van der Waals surface area contributed by atoms with Gasteiger partial charge >= 0.3 is 5.97 Å². The number of nitrogens with one attached hydrogen (secondary N) is 6. The van der Waals surface area contributed by atoms with Crippen molar-refractivity contribution >= 4 is 59.0 Å². The lowest BCUT2D eigenvalue weighted by atomic mass is 9.96. The van der Waals surface area contributed by atoms with Crippen LogP contribution < -0.4 is 31.9 Å². The fourth-order valence-corrected chi connectivity index (χ4v) is 6.12. The lowest BCUT2D eigenvalue weighted by Crippen LogP contribution is -2.66. The molecule has 0 radical (unpaired) electrons. The highest BCUT2D eigenvalue weighted by Gasteiger charge is 2.46. The van der Waals surface area contributed by atoms with E-state index in [1.165, 1.54) is 18.7 Å². The van der Waals surface area contributed by atoms with Crippen LogP contribution >= 0.6 is 11.8 Å². The predicted octanol–water partition coefficient (Wildman–Crippen LogP) is -3.29. The molecule has 0 aliphatic carbocycles. The smallest absolute Gasteiger partial charge is 0.305 e. The summed E-state index contributed by atoms with van der Waals surface area (Å²) in [5.41, 5.74) is 0. The maximum Gasteiger partial charge on any atom is 0.305 e. The van der Waals surface area contributed by atoms with E-state index in [0.717, 1.165) is 13.8 Å². The van der Waals surface area contributed by atoms with Crippen molar-refractivity contribution in [3.63, 3.8) is 0 Å². The van der Waals surface area contributed by atoms with Crippen LogP contribution in [0.5, 0.6) is 0 Å². The molecule has 20 nitrogen and oxygen atoms in total. The number of amides is 6. The molecule has 1 rings (SSSR count). The molecule has 0 spiro atoms. The van der Waals surface area contributed by atoms with Crippen molar-refractivity contribution in [2.24, 2.45) is 5.92 Å². The molecule has 6 amide bonds. The molecule has 0 aromatic heterocycles. The summed E-state index contributed by atoms with van der Waals surface area (Å²) >= 11 is 1.27. The van der Waals surface area contributed by atoms with Crippen LogP contribution in [0.1, 0.15) is 67.2 Å². The van der Waals surface area contributed by atoms with Crippen LogP contribution in [0.3, 0.4) is 0 Å². The van der Waals surface area contributed by atoms with Gasteiger partial charge in [0.15, 0.2) is 6.29 Å². The highest BCUT2D eigenvalue weighted by Crippen LogP contribution is 2.24. The Balaban J connectivity index is 2.80. The van der Waals surface area contributed by atoms with Gasteiger partial charge in [0.2, 0.25) is 35.4 Å². The van der Waals surface area contributed by atoms with Crippen molar-refractivity contribution in [1.82, 2.24) is 31.9 Å². The Kier molecular flexibility index (Phi) is 22.5. The molecule has 9 N–H and O–H groups in total. The molecule has 0 saturated carbocycles. The summed E-state index contributed by atoms with van der Waals surface area (Å²) in [7, 11) is 0. The number of carbonyl (C=O) groups excluding carboxylic acids is 8. The number of Topliss-reactive ketones (excluding diaryl/α,β-unsaturated/α-hetero) is 1. The maximum atomic E-state index is 13.1. The van der Waals surface area contributed by atoms with Gasteiger partial charge in [-0.25, -0.2) is 0 Å². The number of rotatable bonds is 24. The fraction of sp³-hybridized carbons (Fsp3) is 0.758. The first kappa shape index (κ1) is 48.1. The van der Waals surface area contributed by atoms with E-state index < -0.39 is 110 Å². The number of thioether (sulfide) groups is 1. The van der Waals surface area contributed by atoms with Gasteiger partial charge in [-0.1, -0.05) is 20.8 Å². The number of aliphatic hydroxyl groups is 3. The molecule has 9 atom stereocenters. The zero-order valence-electron chi connectivity index (χ0n) is 31.5. The Bertz CT molecular complexity index is 1290. The summed E-state index contributed by atoms with van der Waals surface area (Å²) in [6.07, 6.45) is -6.35. The quantitative estimate of drug-likeness (QED) is 0.0342. The topological polar surface area (TPSA) is 297 Å². The third-order valence-electron chi connectivity index (χ3n) is 7.97. The minimum absolute atomic E-state index is 0.0116. The molecule has 0 aromatic carbocycles. The second kappa shape index (κ2) is 25.2. The number of hydrogen-bond acceptors (Lipinski definition) is 15. The first-order valence-corrected chi connectivity index (χ1v) is 18.8. The molecule has 0 bridgehead atoms. The summed E-state index contributed by atoms with van der Waals surface area (Å²) in [4.78, 5) is 98.1. The molecular weight excluding hydrogens is 736 g/mol. The van der Waals surface area contributed by atoms with Crippen molar-refractivity contribution in [2.45, 2.75) is 116 Å². The SMILES string of the molecule is CCC(=O)CC(COC(=O)CC)CSC[C@H](NC(=O)CC)C(=O)NCC(=O)NCNC(=O)[C@H](NC(C)=O)[C@@H](C)O[C@@H]1OC(CO)[C@H](O)C(O)C1NC(C)=O. The molecule has 21 heteroatoms. The van der Waals surface area contributed by atoms with Gasteiger partial charge in [0.1, 0.15) is 42.2 Å². The summed E-state index contributed by atoms with van der Waals surface area (Å²) in [5.74, 6) is -4.11. The summed E-state index contributed by atoms with van der Waals surface area (Å²) < 4.78 is 16.5. The first-order chi connectivity index (χ1) is 25.5. The van der Waals surface area contributed by atoms with E-state index in [1.54, 1.807) is 20.8 Å². The molecule has 308 valence electrons. The average Bonchev–Trinajstić information content (AvgIpc) is 3.13. The van der Waals surface area contributed by atoms with Gasteiger partial charge in [-0.15, -0.1) is 0 Å². The molecule has 1 aliphatic heterocycles. The molecule has 0 aromatic rings. The Morgan fingerprint density at radius 1 is 0.815 bits per heavy atom. The van der Waals surface area contributed by atoms with Gasteiger partial charge in [-0.2, -0.15) is 11.8 Å². The van der Waals surface area contributed by atoms with E-state index in [0.29, 0.717) is 12.2 Å². The average molecular weight is 793 g/mol. The second-order valence-corrected chi connectivity index (χ2v) is 13.6. The van der Waals surface area contributed by atoms with E-state index in [1.807, 2.05) is 0 Å². The van der Waals surface area contributed by atoms with Crippen LogP contribution in [0.15, 0.2) is 0 Å². The van der Waals surface area contributed by atoms with Gasteiger partial charge in [-0.05, 0) is 12.7 Å². The second-order valence-electron chi connectivity index (χ2n) is 12.5. The minimum Gasteiger partial charge on any atom is -0.465 e. The summed E-state index contributed by atoms with van der Waals surface area (Å²) in [5, 5.41) is 44.9. The largest absolute Gasteiger partial charge is 0.465 e. The highest BCUT2D eigenvalue weighted by molar-refractivity contribution is 7.99.